The SMILES string of the molecule is CCCC(=O)Nc1ccc(OCC(O)CNC(C)C)c(C(C)=O)c1.[SiH4]. The highest BCUT2D eigenvalue weighted by Gasteiger charge is 2.13. The zero-order valence-corrected chi connectivity index (χ0v) is 14.9. The van der Waals surface area contributed by atoms with Crippen molar-refractivity contribution >= 4 is 28.3 Å². The highest BCUT2D eigenvalue weighted by molar-refractivity contribution is 5.99. The Kier molecular flexibility index (Phi) is 11.0. The molecule has 0 saturated heterocycles. The van der Waals surface area contributed by atoms with Crippen molar-refractivity contribution in [2.75, 3.05) is 18.5 Å². The van der Waals surface area contributed by atoms with E-state index in [4.69, 9.17) is 4.74 Å². The molecule has 0 aliphatic heterocycles. The molecule has 0 aliphatic rings. The van der Waals surface area contributed by atoms with Crippen LogP contribution in [0.5, 0.6) is 5.75 Å². The molecule has 1 atom stereocenters. The van der Waals surface area contributed by atoms with Crippen molar-refractivity contribution in [1.29, 1.82) is 0 Å². The minimum Gasteiger partial charge on any atom is -0.490 e. The third-order valence-corrected chi connectivity index (χ3v) is 3.31. The zero-order chi connectivity index (χ0) is 18.1. The van der Waals surface area contributed by atoms with E-state index in [1.54, 1.807) is 18.2 Å². The number of benzene rings is 1. The molecule has 142 valence electrons. The molecule has 1 amide bonds. The van der Waals surface area contributed by atoms with Crippen LogP contribution in [0.2, 0.25) is 0 Å². The van der Waals surface area contributed by atoms with Gasteiger partial charge in [0.2, 0.25) is 5.91 Å². The number of carbonyl (C=O) groups excluding carboxylic acids is 2. The first-order valence-corrected chi connectivity index (χ1v) is 8.32. The van der Waals surface area contributed by atoms with Crippen molar-refractivity contribution in [3.05, 3.63) is 23.8 Å². The maximum absolute atomic E-state index is 11.8. The molecule has 7 heteroatoms. The molecule has 0 radical (unpaired) electrons. The highest BCUT2D eigenvalue weighted by atomic mass is 28.1. The molecular formula is C18H32N2O4Si. The number of rotatable bonds is 10. The first-order valence-electron chi connectivity index (χ1n) is 8.32. The Morgan fingerprint density at radius 3 is 2.52 bits per heavy atom. The van der Waals surface area contributed by atoms with E-state index in [9.17, 15) is 14.7 Å². The Morgan fingerprint density at radius 1 is 1.28 bits per heavy atom. The molecule has 0 saturated carbocycles. The number of aliphatic hydroxyl groups is 1. The molecule has 0 spiro atoms. The standard InChI is InChI=1S/C18H28N2O4.H4Si/c1-5-6-18(23)20-14-7-8-17(16(9-14)13(4)21)24-11-15(22)10-19-12(2)3;/h7-9,12,15,19,22H,5-6,10-11H2,1-4H3,(H,20,23);1H4. The fourth-order valence-electron chi connectivity index (χ4n) is 2.08. The maximum atomic E-state index is 11.8. The van der Waals surface area contributed by atoms with Crippen LogP contribution in [0.15, 0.2) is 18.2 Å². The lowest BCUT2D eigenvalue weighted by atomic mass is 10.1. The molecule has 0 aliphatic carbocycles. The lowest BCUT2D eigenvalue weighted by Gasteiger charge is -2.17. The zero-order valence-electron chi connectivity index (χ0n) is 14.9. The number of Topliss-reactive ketones (excluding diaryl/α,β-unsaturated/α-hetero) is 1. The average molecular weight is 369 g/mol. The summed E-state index contributed by atoms with van der Waals surface area (Å²) in [5.74, 6) is 0.154. The number of ether oxygens (including phenoxy) is 1. The van der Waals surface area contributed by atoms with Crippen LogP contribution in [0.3, 0.4) is 0 Å². The van der Waals surface area contributed by atoms with Gasteiger partial charge in [-0.05, 0) is 42.5 Å². The molecule has 1 unspecified atom stereocenters. The van der Waals surface area contributed by atoms with E-state index < -0.39 is 6.10 Å². The molecule has 1 aromatic rings. The largest absolute Gasteiger partial charge is 0.490 e. The molecule has 1 rings (SSSR count). The van der Waals surface area contributed by atoms with Gasteiger partial charge in [0.15, 0.2) is 5.78 Å². The Labute approximate surface area is 154 Å². The van der Waals surface area contributed by atoms with E-state index in [-0.39, 0.29) is 35.3 Å². The van der Waals surface area contributed by atoms with E-state index in [1.807, 2.05) is 20.8 Å². The first-order chi connectivity index (χ1) is 11.3. The molecule has 6 nitrogen and oxygen atoms in total. The van der Waals surface area contributed by atoms with Gasteiger partial charge in [0.1, 0.15) is 18.5 Å². The van der Waals surface area contributed by atoms with Crippen molar-refractivity contribution in [2.45, 2.75) is 52.7 Å². The summed E-state index contributed by atoms with van der Waals surface area (Å²) in [4.78, 5) is 23.5. The van der Waals surface area contributed by atoms with E-state index in [2.05, 4.69) is 10.6 Å². The van der Waals surface area contributed by atoms with Crippen LogP contribution >= 0.6 is 0 Å². The van der Waals surface area contributed by atoms with E-state index in [0.29, 0.717) is 30.0 Å². The predicted molar refractivity (Wildman–Crippen MR) is 106 cm³/mol. The number of hydrogen-bond acceptors (Lipinski definition) is 5. The number of ketones is 1. The fourth-order valence-corrected chi connectivity index (χ4v) is 2.08. The summed E-state index contributed by atoms with van der Waals surface area (Å²) >= 11 is 0. The Bertz CT molecular complexity index is 564. The second kappa shape index (κ2) is 11.8. The highest BCUT2D eigenvalue weighted by Crippen LogP contribution is 2.24. The number of amides is 1. The summed E-state index contributed by atoms with van der Waals surface area (Å²) in [6.45, 7) is 7.85. The maximum Gasteiger partial charge on any atom is 0.224 e. The van der Waals surface area contributed by atoms with Crippen LogP contribution in [-0.4, -0.2) is 53.1 Å². The molecule has 0 bridgehead atoms. The molecule has 0 fully saturated rings. The summed E-state index contributed by atoms with van der Waals surface area (Å²) in [5.41, 5.74) is 0.946. The van der Waals surface area contributed by atoms with Gasteiger partial charge in [-0.1, -0.05) is 20.8 Å². The van der Waals surface area contributed by atoms with Gasteiger partial charge in [0.25, 0.3) is 0 Å². The van der Waals surface area contributed by atoms with E-state index in [1.165, 1.54) is 6.92 Å². The monoisotopic (exact) mass is 368 g/mol. The van der Waals surface area contributed by atoms with Crippen molar-refractivity contribution in [3.8, 4) is 5.75 Å². The van der Waals surface area contributed by atoms with Gasteiger partial charge in [-0.2, -0.15) is 0 Å². The van der Waals surface area contributed by atoms with E-state index in [0.717, 1.165) is 6.42 Å². The van der Waals surface area contributed by atoms with Gasteiger partial charge in [-0.3, -0.25) is 9.59 Å². The van der Waals surface area contributed by atoms with Gasteiger partial charge < -0.3 is 20.5 Å². The predicted octanol–water partition coefficient (Wildman–Crippen LogP) is 0.914. The van der Waals surface area contributed by atoms with Crippen LogP contribution < -0.4 is 15.4 Å². The third-order valence-electron chi connectivity index (χ3n) is 3.31. The number of aliphatic hydroxyl groups excluding tert-OH is 1. The second-order valence-electron chi connectivity index (χ2n) is 6.09. The van der Waals surface area contributed by atoms with Gasteiger partial charge >= 0.3 is 0 Å². The fraction of sp³-hybridized carbons (Fsp3) is 0.556. The quantitative estimate of drug-likeness (QED) is 0.422. The summed E-state index contributed by atoms with van der Waals surface area (Å²) in [7, 11) is 0. The van der Waals surface area contributed by atoms with E-state index >= 15 is 0 Å². The lowest BCUT2D eigenvalue weighted by Crippen LogP contribution is -2.35. The van der Waals surface area contributed by atoms with Gasteiger partial charge in [-0.25, -0.2) is 0 Å². The molecule has 0 aromatic heterocycles. The van der Waals surface area contributed by atoms with Crippen molar-refractivity contribution in [2.24, 2.45) is 0 Å². The Morgan fingerprint density at radius 2 is 1.96 bits per heavy atom. The van der Waals surface area contributed by atoms with Gasteiger partial charge in [0.05, 0.1) is 5.56 Å². The Hall–Kier alpha value is -1.70. The molecule has 0 heterocycles. The van der Waals surface area contributed by atoms with Crippen LogP contribution in [0, 0.1) is 0 Å². The average Bonchev–Trinajstić information content (AvgIpc) is 2.51. The summed E-state index contributed by atoms with van der Waals surface area (Å²) in [5, 5.41) is 15.8. The number of anilines is 1. The molecular weight excluding hydrogens is 336 g/mol. The smallest absolute Gasteiger partial charge is 0.224 e. The second-order valence-corrected chi connectivity index (χ2v) is 6.09. The lowest BCUT2D eigenvalue weighted by molar-refractivity contribution is -0.116. The summed E-state index contributed by atoms with van der Waals surface area (Å²) in [6, 6.07) is 5.21. The first kappa shape index (κ1) is 23.3. The molecule has 3 N–H and O–H groups in total. The van der Waals surface area contributed by atoms with Crippen molar-refractivity contribution in [3.63, 3.8) is 0 Å². The van der Waals surface area contributed by atoms with Crippen LogP contribution in [0.25, 0.3) is 0 Å². The minimum atomic E-state index is -0.670. The number of hydrogen-bond donors (Lipinski definition) is 3. The third kappa shape index (κ3) is 8.81. The number of nitrogens with one attached hydrogen (secondary N) is 2. The van der Waals surface area contributed by atoms with Gasteiger partial charge in [0, 0.05) is 24.7 Å². The van der Waals surface area contributed by atoms with Crippen molar-refractivity contribution < 1.29 is 19.4 Å². The van der Waals surface area contributed by atoms with Crippen molar-refractivity contribution in [1.82, 2.24) is 5.32 Å². The molecule has 25 heavy (non-hydrogen) atoms. The minimum absolute atomic E-state index is 0. The summed E-state index contributed by atoms with van der Waals surface area (Å²) < 4.78 is 5.58. The topological polar surface area (TPSA) is 87.7 Å². The van der Waals surface area contributed by atoms with Gasteiger partial charge in [-0.15, -0.1) is 0 Å². The normalized spacial score (nSPS) is 11.6. The Balaban J connectivity index is 0.00000576. The summed E-state index contributed by atoms with van der Waals surface area (Å²) in [6.07, 6.45) is 0.522. The number of carbonyl (C=O) groups is 2. The van der Waals surface area contributed by atoms with Crippen LogP contribution in [-0.2, 0) is 4.79 Å². The van der Waals surface area contributed by atoms with Crippen LogP contribution in [0.1, 0.15) is 50.9 Å². The molecule has 1 aromatic carbocycles. The van der Waals surface area contributed by atoms with Crippen LogP contribution in [0.4, 0.5) is 5.69 Å².